The molecule has 0 saturated carbocycles. The van der Waals surface area contributed by atoms with Gasteiger partial charge in [0.1, 0.15) is 0 Å². The number of rotatable bonds is 4. The minimum atomic E-state index is -0.298. The van der Waals surface area contributed by atoms with Gasteiger partial charge in [-0.15, -0.1) is 0 Å². The monoisotopic (exact) mass is 392 g/mol. The maximum absolute atomic E-state index is 12.4. The molecule has 4 rings (SSSR count). The molecule has 1 fully saturated rings. The first-order valence-electron chi connectivity index (χ1n) is 9.90. The van der Waals surface area contributed by atoms with Gasteiger partial charge in [-0.05, 0) is 61.2 Å². The summed E-state index contributed by atoms with van der Waals surface area (Å²) in [6.45, 7) is 2.67. The molecule has 4 amide bonds. The van der Waals surface area contributed by atoms with E-state index in [1.165, 1.54) is 0 Å². The van der Waals surface area contributed by atoms with Crippen molar-refractivity contribution in [3.8, 4) is 0 Å². The van der Waals surface area contributed by atoms with E-state index in [0.29, 0.717) is 24.9 Å². The summed E-state index contributed by atoms with van der Waals surface area (Å²) >= 11 is 0. The summed E-state index contributed by atoms with van der Waals surface area (Å²) in [4.78, 5) is 37.5. The van der Waals surface area contributed by atoms with Gasteiger partial charge in [-0.25, -0.2) is 4.79 Å². The fourth-order valence-electron chi connectivity index (χ4n) is 3.77. The lowest BCUT2D eigenvalue weighted by Crippen LogP contribution is -2.31. The summed E-state index contributed by atoms with van der Waals surface area (Å²) in [5.74, 6) is 0.179. The highest BCUT2D eigenvalue weighted by atomic mass is 16.2. The van der Waals surface area contributed by atoms with Gasteiger partial charge in [-0.2, -0.15) is 0 Å². The number of fused-ring (bicyclic) bond motifs is 1. The zero-order chi connectivity index (χ0) is 20.4. The molecule has 2 aliphatic heterocycles. The summed E-state index contributed by atoms with van der Waals surface area (Å²) in [7, 11) is 0. The van der Waals surface area contributed by atoms with Crippen LogP contribution in [-0.2, 0) is 16.0 Å². The first-order valence-corrected chi connectivity index (χ1v) is 9.90. The zero-order valence-electron chi connectivity index (χ0n) is 16.3. The van der Waals surface area contributed by atoms with E-state index in [1.54, 1.807) is 17.0 Å². The van der Waals surface area contributed by atoms with E-state index in [4.69, 9.17) is 0 Å². The van der Waals surface area contributed by atoms with Crippen molar-refractivity contribution in [3.63, 3.8) is 0 Å². The van der Waals surface area contributed by atoms with Crippen LogP contribution >= 0.6 is 0 Å². The van der Waals surface area contributed by atoms with E-state index in [-0.39, 0.29) is 23.9 Å². The van der Waals surface area contributed by atoms with E-state index in [9.17, 15) is 14.4 Å². The van der Waals surface area contributed by atoms with Crippen molar-refractivity contribution in [3.05, 3.63) is 53.6 Å². The van der Waals surface area contributed by atoms with Crippen molar-refractivity contribution in [2.75, 3.05) is 22.1 Å². The Morgan fingerprint density at radius 2 is 1.86 bits per heavy atom. The molecular formula is C22H24N4O3. The normalized spacial score (nSPS) is 16.8. The van der Waals surface area contributed by atoms with Gasteiger partial charge in [-0.3, -0.25) is 9.59 Å². The van der Waals surface area contributed by atoms with Crippen LogP contribution in [0.4, 0.5) is 21.9 Å². The summed E-state index contributed by atoms with van der Waals surface area (Å²) in [5.41, 5.74) is 4.44. The van der Waals surface area contributed by atoms with Gasteiger partial charge in [0.2, 0.25) is 11.8 Å². The van der Waals surface area contributed by atoms with Crippen LogP contribution < -0.4 is 20.9 Å². The number of aryl methyl sites for hydroxylation is 1. The number of nitrogens with zero attached hydrogens (tertiary/aromatic N) is 1. The van der Waals surface area contributed by atoms with E-state index < -0.39 is 0 Å². The van der Waals surface area contributed by atoms with Crippen molar-refractivity contribution >= 4 is 34.9 Å². The molecule has 0 aromatic heterocycles. The highest BCUT2D eigenvalue weighted by molar-refractivity contribution is 5.96. The number of amides is 4. The molecular weight excluding hydrogens is 368 g/mol. The molecule has 0 radical (unpaired) electrons. The van der Waals surface area contributed by atoms with Crippen LogP contribution in [0, 0.1) is 0 Å². The highest BCUT2D eigenvalue weighted by Gasteiger charge is 2.21. The highest BCUT2D eigenvalue weighted by Crippen LogP contribution is 2.26. The predicted molar refractivity (Wildman–Crippen MR) is 112 cm³/mol. The maximum atomic E-state index is 12.4. The molecule has 29 heavy (non-hydrogen) atoms. The van der Waals surface area contributed by atoms with Crippen LogP contribution in [0.15, 0.2) is 42.5 Å². The minimum Gasteiger partial charge on any atom is -0.331 e. The standard InChI is InChI=1S/C22H24N4O3/c1-14(15-4-10-19-16(13-15)5-11-20(27)25-19)23-22(29)24-17-6-8-18(9-7-17)26-12-2-3-21(26)28/h4,6-10,13-14H,2-3,5,11-12H2,1H3,(H,25,27)(H2,23,24,29). The van der Waals surface area contributed by atoms with Crippen LogP contribution in [-0.4, -0.2) is 24.4 Å². The van der Waals surface area contributed by atoms with Gasteiger partial charge >= 0.3 is 6.03 Å². The van der Waals surface area contributed by atoms with Crippen molar-refractivity contribution in [2.45, 2.75) is 38.6 Å². The second kappa shape index (κ2) is 7.95. The number of hydrogen-bond donors (Lipinski definition) is 3. The Morgan fingerprint density at radius 3 is 2.59 bits per heavy atom. The number of nitrogens with one attached hydrogen (secondary N) is 3. The molecule has 0 bridgehead atoms. The summed E-state index contributed by atoms with van der Waals surface area (Å²) < 4.78 is 0. The molecule has 2 aromatic carbocycles. The van der Waals surface area contributed by atoms with Crippen molar-refractivity contribution < 1.29 is 14.4 Å². The van der Waals surface area contributed by atoms with E-state index in [0.717, 1.165) is 35.5 Å². The minimum absolute atomic E-state index is 0.0379. The molecule has 2 aromatic rings. The second-order valence-corrected chi connectivity index (χ2v) is 7.48. The Kier molecular flexibility index (Phi) is 5.20. The molecule has 2 heterocycles. The molecule has 3 N–H and O–H groups in total. The number of carbonyl (C=O) groups is 3. The lowest BCUT2D eigenvalue weighted by molar-refractivity contribution is -0.117. The topological polar surface area (TPSA) is 90.5 Å². The molecule has 0 aliphatic carbocycles. The van der Waals surface area contributed by atoms with Crippen LogP contribution in [0.2, 0.25) is 0 Å². The molecule has 0 spiro atoms. The second-order valence-electron chi connectivity index (χ2n) is 7.48. The third-order valence-corrected chi connectivity index (χ3v) is 5.38. The third-order valence-electron chi connectivity index (χ3n) is 5.38. The number of hydrogen-bond acceptors (Lipinski definition) is 3. The zero-order valence-corrected chi connectivity index (χ0v) is 16.3. The quantitative estimate of drug-likeness (QED) is 0.743. The summed E-state index contributed by atoms with van der Waals surface area (Å²) in [5, 5.41) is 8.63. The third kappa shape index (κ3) is 4.23. The lowest BCUT2D eigenvalue weighted by atomic mass is 9.98. The van der Waals surface area contributed by atoms with Crippen molar-refractivity contribution in [1.29, 1.82) is 0 Å². The lowest BCUT2D eigenvalue weighted by Gasteiger charge is -2.21. The molecule has 1 unspecified atom stereocenters. The first-order chi connectivity index (χ1) is 14.0. The number of benzene rings is 2. The Balaban J connectivity index is 1.35. The fraction of sp³-hybridized carbons (Fsp3) is 0.318. The average Bonchev–Trinajstić information content (AvgIpc) is 3.14. The van der Waals surface area contributed by atoms with E-state index >= 15 is 0 Å². The first kappa shape index (κ1) is 19.0. The molecule has 1 saturated heterocycles. The van der Waals surface area contributed by atoms with E-state index in [2.05, 4.69) is 16.0 Å². The SMILES string of the molecule is CC(NC(=O)Nc1ccc(N2CCCC2=O)cc1)c1ccc2c(c1)CCC(=O)N2. The summed E-state index contributed by atoms with van der Waals surface area (Å²) in [6.07, 6.45) is 2.67. The van der Waals surface area contributed by atoms with Crippen molar-refractivity contribution in [1.82, 2.24) is 5.32 Å². The van der Waals surface area contributed by atoms with Gasteiger partial charge in [0.25, 0.3) is 0 Å². The number of carbonyl (C=O) groups excluding carboxylic acids is 3. The van der Waals surface area contributed by atoms with Gasteiger partial charge in [0, 0.05) is 36.4 Å². The Hall–Kier alpha value is -3.35. The Labute approximate surface area is 169 Å². The van der Waals surface area contributed by atoms with Crippen LogP contribution in [0.5, 0.6) is 0 Å². The molecule has 7 heteroatoms. The van der Waals surface area contributed by atoms with Crippen LogP contribution in [0.3, 0.4) is 0 Å². The van der Waals surface area contributed by atoms with Gasteiger partial charge in [0.15, 0.2) is 0 Å². The molecule has 7 nitrogen and oxygen atoms in total. The Morgan fingerprint density at radius 1 is 1.07 bits per heavy atom. The molecule has 150 valence electrons. The molecule has 1 atom stereocenters. The van der Waals surface area contributed by atoms with Crippen LogP contribution in [0.1, 0.15) is 43.4 Å². The van der Waals surface area contributed by atoms with Gasteiger partial charge in [-0.1, -0.05) is 12.1 Å². The maximum Gasteiger partial charge on any atom is 0.319 e. The number of urea groups is 1. The Bertz CT molecular complexity index is 955. The molecule has 2 aliphatic rings. The fourth-order valence-corrected chi connectivity index (χ4v) is 3.77. The van der Waals surface area contributed by atoms with Gasteiger partial charge < -0.3 is 20.9 Å². The van der Waals surface area contributed by atoms with Gasteiger partial charge in [0.05, 0.1) is 6.04 Å². The average molecular weight is 392 g/mol. The van der Waals surface area contributed by atoms with Crippen LogP contribution in [0.25, 0.3) is 0 Å². The van der Waals surface area contributed by atoms with Crippen molar-refractivity contribution in [2.24, 2.45) is 0 Å². The smallest absolute Gasteiger partial charge is 0.319 e. The van der Waals surface area contributed by atoms with E-state index in [1.807, 2.05) is 37.3 Å². The number of anilines is 3. The largest absolute Gasteiger partial charge is 0.331 e. The predicted octanol–water partition coefficient (Wildman–Crippen LogP) is 3.58. The summed E-state index contributed by atoms with van der Waals surface area (Å²) in [6, 6.07) is 12.6.